The smallest absolute Gasteiger partial charge is 0.0556 e. The summed E-state index contributed by atoms with van der Waals surface area (Å²) in [5.74, 6) is 0. The van der Waals surface area contributed by atoms with Crippen LogP contribution >= 0.6 is 11.8 Å². The molecule has 0 aliphatic heterocycles. The van der Waals surface area contributed by atoms with E-state index in [-0.39, 0.29) is 6.61 Å². The van der Waals surface area contributed by atoms with E-state index in [0.717, 1.165) is 6.54 Å². The van der Waals surface area contributed by atoms with Crippen LogP contribution in [0, 0.1) is 0 Å². The number of hydrogen-bond donors (Lipinski definition) is 2. The van der Waals surface area contributed by atoms with Crippen molar-refractivity contribution in [1.82, 2.24) is 5.32 Å². The van der Waals surface area contributed by atoms with Crippen LogP contribution in [-0.2, 0) is 6.54 Å². The molecule has 1 rings (SSSR count). The number of aliphatic hydroxyl groups excluding tert-OH is 1. The van der Waals surface area contributed by atoms with Gasteiger partial charge in [0, 0.05) is 18.0 Å². The first kappa shape index (κ1) is 10.6. The minimum Gasteiger partial charge on any atom is -0.395 e. The number of benzene rings is 1. The van der Waals surface area contributed by atoms with Gasteiger partial charge in [-0.3, -0.25) is 0 Å². The van der Waals surface area contributed by atoms with Crippen molar-refractivity contribution in [2.45, 2.75) is 11.4 Å². The Bertz CT molecular complexity index is 235. The van der Waals surface area contributed by atoms with Crippen LogP contribution in [0.1, 0.15) is 5.56 Å². The highest BCUT2D eigenvalue weighted by Gasteiger charge is 1.92. The van der Waals surface area contributed by atoms with Crippen LogP contribution in [0.4, 0.5) is 0 Å². The molecule has 13 heavy (non-hydrogen) atoms. The Morgan fingerprint density at radius 3 is 2.54 bits per heavy atom. The van der Waals surface area contributed by atoms with Crippen LogP contribution in [-0.4, -0.2) is 24.5 Å². The van der Waals surface area contributed by atoms with Crippen molar-refractivity contribution in [3.8, 4) is 0 Å². The highest BCUT2D eigenvalue weighted by atomic mass is 32.2. The molecule has 0 atom stereocenters. The molecule has 0 aromatic heterocycles. The molecule has 0 aliphatic rings. The molecule has 1 aromatic rings. The van der Waals surface area contributed by atoms with Gasteiger partial charge in [-0.15, -0.1) is 11.8 Å². The lowest BCUT2D eigenvalue weighted by Crippen LogP contribution is -2.17. The summed E-state index contributed by atoms with van der Waals surface area (Å²) in [6.45, 7) is 1.68. The van der Waals surface area contributed by atoms with Crippen LogP contribution < -0.4 is 5.32 Å². The normalized spacial score (nSPS) is 10.3. The molecule has 1 aromatic carbocycles. The highest BCUT2D eigenvalue weighted by Crippen LogP contribution is 2.14. The molecule has 0 spiro atoms. The van der Waals surface area contributed by atoms with E-state index in [1.807, 2.05) is 0 Å². The minimum atomic E-state index is 0.197. The number of rotatable bonds is 5. The lowest BCUT2D eigenvalue weighted by atomic mass is 10.2. The van der Waals surface area contributed by atoms with E-state index < -0.39 is 0 Å². The SMILES string of the molecule is CSc1ccc(CNCCO)cc1. The number of hydrogen-bond acceptors (Lipinski definition) is 3. The van der Waals surface area contributed by atoms with Gasteiger partial charge in [0.2, 0.25) is 0 Å². The van der Waals surface area contributed by atoms with Crippen LogP contribution in [0.2, 0.25) is 0 Å². The molecule has 72 valence electrons. The molecule has 0 saturated carbocycles. The lowest BCUT2D eigenvalue weighted by Gasteiger charge is -2.03. The molecule has 0 unspecified atom stereocenters. The van der Waals surface area contributed by atoms with E-state index in [0.29, 0.717) is 6.54 Å². The van der Waals surface area contributed by atoms with Crippen LogP contribution in [0.5, 0.6) is 0 Å². The fraction of sp³-hybridized carbons (Fsp3) is 0.400. The number of nitrogens with one attached hydrogen (secondary N) is 1. The van der Waals surface area contributed by atoms with Gasteiger partial charge in [0.25, 0.3) is 0 Å². The molecule has 0 bridgehead atoms. The van der Waals surface area contributed by atoms with Gasteiger partial charge < -0.3 is 10.4 Å². The van der Waals surface area contributed by atoms with E-state index in [1.165, 1.54) is 10.5 Å². The summed E-state index contributed by atoms with van der Waals surface area (Å²) in [4.78, 5) is 1.28. The summed E-state index contributed by atoms with van der Waals surface area (Å²) >= 11 is 1.75. The van der Waals surface area contributed by atoms with Crippen molar-refractivity contribution >= 4 is 11.8 Å². The first-order valence-corrected chi connectivity index (χ1v) is 5.54. The Balaban J connectivity index is 2.40. The first-order valence-electron chi connectivity index (χ1n) is 4.31. The molecule has 0 saturated heterocycles. The van der Waals surface area contributed by atoms with Gasteiger partial charge in [0.15, 0.2) is 0 Å². The summed E-state index contributed by atoms with van der Waals surface area (Å²) in [6, 6.07) is 8.44. The van der Waals surface area contributed by atoms with Gasteiger partial charge in [0.1, 0.15) is 0 Å². The third-order valence-electron chi connectivity index (χ3n) is 1.78. The molecule has 3 heteroatoms. The summed E-state index contributed by atoms with van der Waals surface area (Å²) in [7, 11) is 0. The predicted molar refractivity (Wildman–Crippen MR) is 57.0 cm³/mol. The van der Waals surface area contributed by atoms with E-state index in [4.69, 9.17) is 5.11 Å². The molecule has 2 nitrogen and oxygen atoms in total. The van der Waals surface area contributed by atoms with Gasteiger partial charge in [-0.05, 0) is 24.0 Å². The fourth-order valence-electron chi connectivity index (χ4n) is 1.06. The Hall–Kier alpha value is -0.510. The molecule has 0 fully saturated rings. The Kier molecular flexibility index (Phi) is 4.90. The molecule has 0 aliphatic carbocycles. The zero-order valence-electron chi connectivity index (χ0n) is 7.79. The molecular weight excluding hydrogens is 182 g/mol. The maximum absolute atomic E-state index is 8.56. The third kappa shape index (κ3) is 3.81. The maximum atomic E-state index is 8.56. The zero-order chi connectivity index (χ0) is 9.52. The Morgan fingerprint density at radius 2 is 2.00 bits per heavy atom. The van der Waals surface area contributed by atoms with E-state index in [1.54, 1.807) is 11.8 Å². The quantitative estimate of drug-likeness (QED) is 0.554. The average molecular weight is 197 g/mol. The average Bonchev–Trinajstić information content (AvgIpc) is 2.19. The van der Waals surface area contributed by atoms with Crippen LogP contribution in [0.15, 0.2) is 29.2 Å². The van der Waals surface area contributed by atoms with Crippen molar-refractivity contribution in [1.29, 1.82) is 0 Å². The maximum Gasteiger partial charge on any atom is 0.0556 e. The Labute approximate surface area is 83.4 Å². The van der Waals surface area contributed by atoms with Crippen molar-refractivity contribution in [3.63, 3.8) is 0 Å². The first-order chi connectivity index (χ1) is 6.36. The van der Waals surface area contributed by atoms with Gasteiger partial charge in [-0.2, -0.15) is 0 Å². The second-order valence-electron chi connectivity index (χ2n) is 2.75. The third-order valence-corrected chi connectivity index (χ3v) is 2.52. The summed E-state index contributed by atoms with van der Waals surface area (Å²) in [6.07, 6.45) is 2.07. The zero-order valence-corrected chi connectivity index (χ0v) is 8.60. The van der Waals surface area contributed by atoms with Crippen molar-refractivity contribution < 1.29 is 5.11 Å². The van der Waals surface area contributed by atoms with Crippen molar-refractivity contribution in [2.24, 2.45) is 0 Å². The van der Waals surface area contributed by atoms with Gasteiger partial charge in [-0.25, -0.2) is 0 Å². The summed E-state index contributed by atoms with van der Waals surface area (Å²) in [5, 5.41) is 11.7. The fourth-order valence-corrected chi connectivity index (χ4v) is 1.46. The monoisotopic (exact) mass is 197 g/mol. The molecule has 0 amide bonds. The largest absolute Gasteiger partial charge is 0.395 e. The number of thioether (sulfide) groups is 1. The lowest BCUT2D eigenvalue weighted by molar-refractivity contribution is 0.292. The summed E-state index contributed by atoms with van der Waals surface area (Å²) < 4.78 is 0. The molecular formula is C10H15NOS. The second-order valence-corrected chi connectivity index (χ2v) is 3.63. The second kappa shape index (κ2) is 6.02. The minimum absolute atomic E-state index is 0.197. The van der Waals surface area contributed by atoms with Gasteiger partial charge >= 0.3 is 0 Å². The topological polar surface area (TPSA) is 32.3 Å². The Morgan fingerprint density at radius 1 is 1.31 bits per heavy atom. The summed E-state index contributed by atoms with van der Waals surface area (Å²) in [5.41, 5.74) is 1.26. The van der Waals surface area contributed by atoms with Crippen LogP contribution in [0.3, 0.4) is 0 Å². The van der Waals surface area contributed by atoms with Crippen LogP contribution in [0.25, 0.3) is 0 Å². The number of aliphatic hydroxyl groups is 1. The highest BCUT2D eigenvalue weighted by molar-refractivity contribution is 7.98. The van der Waals surface area contributed by atoms with E-state index in [2.05, 4.69) is 35.8 Å². The standard InChI is InChI=1S/C10H15NOS/c1-13-10-4-2-9(3-5-10)8-11-6-7-12/h2-5,11-12H,6-8H2,1H3. The van der Waals surface area contributed by atoms with E-state index >= 15 is 0 Å². The van der Waals surface area contributed by atoms with Crippen molar-refractivity contribution in [3.05, 3.63) is 29.8 Å². The molecule has 0 radical (unpaired) electrons. The molecule has 0 heterocycles. The van der Waals surface area contributed by atoms with Gasteiger partial charge in [0.05, 0.1) is 6.61 Å². The van der Waals surface area contributed by atoms with E-state index in [9.17, 15) is 0 Å². The molecule has 2 N–H and O–H groups in total. The van der Waals surface area contributed by atoms with Crippen molar-refractivity contribution in [2.75, 3.05) is 19.4 Å². The van der Waals surface area contributed by atoms with Gasteiger partial charge in [-0.1, -0.05) is 12.1 Å². The predicted octanol–water partition coefficient (Wildman–Crippen LogP) is 1.49.